The van der Waals surface area contributed by atoms with Crippen molar-refractivity contribution in [2.75, 3.05) is 0 Å². The van der Waals surface area contributed by atoms with Crippen LogP contribution in [0.1, 0.15) is 52.4 Å². The second kappa shape index (κ2) is 6.67. The van der Waals surface area contributed by atoms with Crippen molar-refractivity contribution < 1.29 is 0 Å². The van der Waals surface area contributed by atoms with E-state index in [0.717, 1.165) is 12.1 Å². The zero-order valence-corrected chi connectivity index (χ0v) is 7.90. The van der Waals surface area contributed by atoms with Gasteiger partial charge in [-0.2, -0.15) is 0 Å². The second-order valence-corrected chi connectivity index (χ2v) is 3.81. The Morgan fingerprint density at radius 3 is 2.33 bits per heavy atom. The average Bonchev–Trinajstić information content (AvgIpc) is 2.06. The smallest absolute Gasteiger partial charge is 0.00695 e. The maximum absolute atomic E-state index is 3.67. The third-order valence-corrected chi connectivity index (χ3v) is 2.74. The molecule has 74 valence electrons. The van der Waals surface area contributed by atoms with Gasteiger partial charge in [0.25, 0.3) is 0 Å². The first-order chi connectivity index (χ1) is 5.33. The summed E-state index contributed by atoms with van der Waals surface area (Å²) in [5.74, 6) is 0. The van der Waals surface area contributed by atoms with Crippen molar-refractivity contribution in [2.45, 2.75) is 64.5 Å². The molecule has 1 rings (SSSR count). The van der Waals surface area contributed by atoms with Crippen molar-refractivity contribution >= 4 is 11.0 Å². The Kier molecular flexibility index (Phi) is 6.77. The Labute approximate surface area is 81.3 Å². The maximum atomic E-state index is 3.67. The zero-order valence-electron chi connectivity index (χ0n) is 7.90. The third kappa shape index (κ3) is 4.26. The highest BCUT2D eigenvalue weighted by molar-refractivity contribution is 5.75. The van der Waals surface area contributed by atoms with Gasteiger partial charge in [-0.05, 0) is 37.2 Å². The summed E-state index contributed by atoms with van der Waals surface area (Å²) in [6.07, 6.45) is 8.41. The standard InChI is InChI=1S/C10H21N.H4Si/c1-3-9(2)11-10-7-5-4-6-8-10;/h9-11H,3-8H2,1-2H3;1H4. The summed E-state index contributed by atoms with van der Waals surface area (Å²) in [5, 5.41) is 3.67. The van der Waals surface area contributed by atoms with Crippen LogP contribution in [0, 0.1) is 0 Å². The number of rotatable bonds is 3. The second-order valence-electron chi connectivity index (χ2n) is 3.81. The molecular weight excluding hydrogens is 162 g/mol. The van der Waals surface area contributed by atoms with Gasteiger partial charge in [-0.3, -0.25) is 0 Å². The van der Waals surface area contributed by atoms with Crippen LogP contribution in [0.15, 0.2) is 0 Å². The van der Waals surface area contributed by atoms with E-state index in [-0.39, 0.29) is 11.0 Å². The van der Waals surface area contributed by atoms with Gasteiger partial charge in [-0.25, -0.2) is 0 Å². The maximum Gasteiger partial charge on any atom is 0.00695 e. The van der Waals surface area contributed by atoms with Crippen molar-refractivity contribution in [3.8, 4) is 0 Å². The minimum atomic E-state index is 0. The predicted octanol–water partition coefficient (Wildman–Crippen LogP) is 1.26. The minimum absolute atomic E-state index is 0. The van der Waals surface area contributed by atoms with Crippen LogP contribution < -0.4 is 5.32 Å². The summed E-state index contributed by atoms with van der Waals surface area (Å²) in [7, 11) is 0. The fraction of sp³-hybridized carbons (Fsp3) is 1.00. The van der Waals surface area contributed by atoms with Gasteiger partial charge >= 0.3 is 0 Å². The van der Waals surface area contributed by atoms with E-state index >= 15 is 0 Å². The van der Waals surface area contributed by atoms with Crippen molar-refractivity contribution in [2.24, 2.45) is 0 Å². The molecular formula is C10H25NSi. The van der Waals surface area contributed by atoms with Crippen molar-refractivity contribution in [1.82, 2.24) is 5.32 Å². The molecule has 1 saturated carbocycles. The molecule has 0 bridgehead atoms. The van der Waals surface area contributed by atoms with Crippen molar-refractivity contribution in [1.29, 1.82) is 0 Å². The largest absolute Gasteiger partial charge is 0.312 e. The highest BCUT2D eigenvalue weighted by Crippen LogP contribution is 2.17. The summed E-state index contributed by atoms with van der Waals surface area (Å²) in [5.41, 5.74) is 0. The third-order valence-electron chi connectivity index (χ3n) is 2.74. The number of nitrogens with one attached hydrogen (secondary N) is 1. The Hall–Kier alpha value is 0.177. The van der Waals surface area contributed by atoms with Crippen molar-refractivity contribution in [3.05, 3.63) is 0 Å². The molecule has 0 saturated heterocycles. The van der Waals surface area contributed by atoms with Gasteiger partial charge in [-0.1, -0.05) is 26.2 Å². The van der Waals surface area contributed by atoms with E-state index in [1.54, 1.807) is 0 Å². The molecule has 0 aromatic carbocycles. The molecule has 0 spiro atoms. The first kappa shape index (κ1) is 12.2. The Morgan fingerprint density at radius 2 is 1.83 bits per heavy atom. The highest BCUT2D eigenvalue weighted by atomic mass is 28.1. The quantitative estimate of drug-likeness (QED) is 0.656. The zero-order chi connectivity index (χ0) is 8.10. The van der Waals surface area contributed by atoms with Crippen LogP contribution in [-0.2, 0) is 0 Å². The molecule has 1 unspecified atom stereocenters. The number of hydrogen-bond acceptors (Lipinski definition) is 1. The average molecular weight is 187 g/mol. The Bertz CT molecular complexity index is 100. The summed E-state index contributed by atoms with van der Waals surface area (Å²) >= 11 is 0. The van der Waals surface area contributed by atoms with Gasteiger partial charge in [0, 0.05) is 12.1 Å². The molecule has 1 N–H and O–H groups in total. The molecule has 12 heavy (non-hydrogen) atoms. The van der Waals surface area contributed by atoms with E-state index in [4.69, 9.17) is 0 Å². The lowest BCUT2D eigenvalue weighted by Gasteiger charge is -2.25. The normalized spacial score (nSPS) is 21.5. The molecule has 2 heteroatoms. The van der Waals surface area contributed by atoms with Gasteiger partial charge in [-0.15, -0.1) is 0 Å². The van der Waals surface area contributed by atoms with E-state index in [1.807, 2.05) is 0 Å². The summed E-state index contributed by atoms with van der Waals surface area (Å²) < 4.78 is 0. The van der Waals surface area contributed by atoms with E-state index < -0.39 is 0 Å². The molecule has 0 amide bonds. The molecule has 1 aliphatic rings. The lowest BCUT2D eigenvalue weighted by molar-refractivity contribution is 0.340. The summed E-state index contributed by atoms with van der Waals surface area (Å²) in [6.45, 7) is 4.54. The molecule has 1 nitrogen and oxygen atoms in total. The fourth-order valence-corrected chi connectivity index (χ4v) is 1.79. The highest BCUT2D eigenvalue weighted by Gasteiger charge is 2.13. The molecule has 0 aromatic rings. The molecule has 0 aliphatic heterocycles. The van der Waals surface area contributed by atoms with E-state index in [9.17, 15) is 0 Å². The van der Waals surface area contributed by atoms with Crippen LogP contribution in [0.2, 0.25) is 0 Å². The summed E-state index contributed by atoms with van der Waals surface area (Å²) in [4.78, 5) is 0. The van der Waals surface area contributed by atoms with Gasteiger partial charge in [0.05, 0.1) is 0 Å². The fourth-order valence-electron chi connectivity index (χ4n) is 1.79. The molecule has 0 heterocycles. The van der Waals surface area contributed by atoms with Crippen LogP contribution in [-0.4, -0.2) is 23.0 Å². The molecule has 1 aliphatic carbocycles. The van der Waals surface area contributed by atoms with Crippen LogP contribution in [0.25, 0.3) is 0 Å². The van der Waals surface area contributed by atoms with Gasteiger partial charge in [0.2, 0.25) is 0 Å². The van der Waals surface area contributed by atoms with Crippen LogP contribution in [0.3, 0.4) is 0 Å². The molecule has 0 radical (unpaired) electrons. The van der Waals surface area contributed by atoms with Gasteiger partial charge < -0.3 is 5.32 Å². The van der Waals surface area contributed by atoms with Gasteiger partial charge in [0.15, 0.2) is 0 Å². The van der Waals surface area contributed by atoms with E-state index in [0.29, 0.717) is 0 Å². The van der Waals surface area contributed by atoms with Crippen LogP contribution in [0.5, 0.6) is 0 Å². The minimum Gasteiger partial charge on any atom is -0.312 e. The first-order valence-corrected chi connectivity index (χ1v) is 5.09. The molecule has 0 aromatic heterocycles. The number of hydrogen-bond donors (Lipinski definition) is 1. The first-order valence-electron chi connectivity index (χ1n) is 5.09. The molecule has 1 atom stereocenters. The van der Waals surface area contributed by atoms with E-state index in [2.05, 4.69) is 19.2 Å². The van der Waals surface area contributed by atoms with E-state index in [1.165, 1.54) is 38.5 Å². The van der Waals surface area contributed by atoms with Gasteiger partial charge in [0.1, 0.15) is 0 Å². The Morgan fingerprint density at radius 1 is 1.25 bits per heavy atom. The predicted molar refractivity (Wildman–Crippen MR) is 61.1 cm³/mol. The SMILES string of the molecule is CCC(C)NC1CCCCC1.[SiH4]. The lowest BCUT2D eigenvalue weighted by atomic mass is 9.95. The van der Waals surface area contributed by atoms with Crippen LogP contribution >= 0.6 is 0 Å². The Balaban J connectivity index is 0.00000121. The van der Waals surface area contributed by atoms with Crippen molar-refractivity contribution in [3.63, 3.8) is 0 Å². The molecule has 1 fully saturated rings. The topological polar surface area (TPSA) is 12.0 Å². The van der Waals surface area contributed by atoms with Crippen LogP contribution in [0.4, 0.5) is 0 Å². The summed E-state index contributed by atoms with van der Waals surface area (Å²) in [6, 6.07) is 1.55. The monoisotopic (exact) mass is 187 g/mol. The lowest BCUT2D eigenvalue weighted by Crippen LogP contribution is -2.37.